The summed E-state index contributed by atoms with van der Waals surface area (Å²) in [6, 6.07) is 2.15. The summed E-state index contributed by atoms with van der Waals surface area (Å²) in [6.07, 6.45) is 7.82. The molecule has 0 radical (unpaired) electrons. The summed E-state index contributed by atoms with van der Waals surface area (Å²) in [4.78, 5) is 0. The van der Waals surface area contributed by atoms with Gasteiger partial charge in [0.25, 0.3) is 0 Å². The molecule has 1 saturated carbocycles. The van der Waals surface area contributed by atoms with Crippen molar-refractivity contribution < 1.29 is 0 Å². The van der Waals surface area contributed by atoms with E-state index in [1.807, 2.05) is 0 Å². The molecule has 0 aliphatic heterocycles. The fourth-order valence-corrected chi connectivity index (χ4v) is 1.94. The van der Waals surface area contributed by atoms with Crippen molar-refractivity contribution in [2.45, 2.75) is 51.0 Å². The van der Waals surface area contributed by atoms with Crippen molar-refractivity contribution in [1.82, 2.24) is 5.32 Å². The SMILES string of the molecule is CC1(NCC#N)CCCCCC1. The molecule has 0 bridgehead atoms. The number of nitriles is 1. The molecule has 0 aromatic heterocycles. The van der Waals surface area contributed by atoms with Crippen molar-refractivity contribution in [3.63, 3.8) is 0 Å². The van der Waals surface area contributed by atoms with Gasteiger partial charge in [0.05, 0.1) is 12.6 Å². The van der Waals surface area contributed by atoms with E-state index in [9.17, 15) is 0 Å². The monoisotopic (exact) mass is 166 g/mol. The van der Waals surface area contributed by atoms with Gasteiger partial charge in [-0.3, -0.25) is 5.32 Å². The normalized spacial score (nSPS) is 22.7. The Bertz CT molecular complexity index is 161. The summed E-state index contributed by atoms with van der Waals surface area (Å²) in [6.45, 7) is 2.74. The molecule has 0 unspecified atom stereocenters. The van der Waals surface area contributed by atoms with E-state index < -0.39 is 0 Å². The molecule has 0 amide bonds. The first-order valence-corrected chi connectivity index (χ1v) is 4.89. The minimum atomic E-state index is 0.242. The lowest BCUT2D eigenvalue weighted by atomic mass is 9.93. The van der Waals surface area contributed by atoms with E-state index in [-0.39, 0.29) is 5.54 Å². The molecule has 1 aliphatic carbocycles. The summed E-state index contributed by atoms with van der Waals surface area (Å²) in [5.41, 5.74) is 0.242. The Kier molecular flexibility index (Phi) is 3.55. The Morgan fingerprint density at radius 2 is 1.83 bits per heavy atom. The number of nitrogens with one attached hydrogen (secondary N) is 1. The van der Waals surface area contributed by atoms with Crippen molar-refractivity contribution >= 4 is 0 Å². The molecular weight excluding hydrogens is 148 g/mol. The van der Waals surface area contributed by atoms with Crippen molar-refractivity contribution in [2.75, 3.05) is 6.54 Å². The van der Waals surface area contributed by atoms with Gasteiger partial charge in [-0.05, 0) is 19.8 Å². The lowest BCUT2D eigenvalue weighted by Crippen LogP contribution is -2.41. The van der Waals surface area contributed by atoms with E-state index in [2.05, 4.69) is 18.3 Å². The molecule has 0 aromatic rings. The second-order valence-electron chi connectivity index (χ2n) is 3.99. The van der Waals surface area contributed by atoms with E-state index in [0.717, 1.165) is 0 Å². The van der Waals surface area contributed by atoms with E-state index in [0.29, 0.717) is 6.54 Å². The molecular formula is C10H18N2. The second kappa shape index (κ2) is 4.47. The van der Waals surface area contributed by atoms with E-state index in [1.165, 1.54) is 38.5 Å². The lowest BCUT2D eigenvalue weighted by Gasteiger charge is -2.28. The van der Waals surface area contributed by atoms with Gasteiger partial charge in [-0.1, -0.05) is 25.7 Å². The third kappa shape index (κ3) is 2.83. The first-order chi connectivity index (χ1) is 5.77. The van der Waals surface area contributed by atoms with Gasteiger partial charge in [0, 0.05) is 5.54 Å². The maximum absolute atomic E-state index is 8.47. The van der Waals surface area contributed by atoms with E-state index in [1.54, 1.807) is 0 Å². The smallest absolute Gasteiger partial charge is 0.0845 e. The zero-order valence-corrected chi connectivity index (χ0v) is 7.90. The average molecular weight is 166 g/mol. The first-order valence-electron chi connectivity index (χ1n) is 4.89. The summed E-state index contributed by atoms with van der Waals surface area (Å²) < 4.78 is 0. The molecule has 1 rings (SSSR count). The van der Waals surface area contributed by atoms with Crippen LogP contribution in [0.1, 0.15) is 45.4 Å². The van der Waals surface area contributed by atoms with Gasteiger partial charge < -0.3 is 0 Å². The Balaban J connectivity index is 2.38. The Morgan fingerprint density at radius 3 is 2.33 bits per heavy atom. The van der Waals surface area contributed by atoms with Gasteiger partial charge in [-0.2, -0.15) is 5.26 Å². The van der Waals surface area contributed by atoms with Crippen LogP contribution in [0.5, 0.6) is 0 Å². The van der Waals surface area contributed by atoms with E-state index >= 15 is 0 Å². The summed E-state index contributed by atoms with van der Waals surface area (Å²) >= 11 is 0. The average Bonchev–Trinajstić information content (AvgIpc) is 2.27. The van der Waals surface area contributed by atoms with Crippen molar-refractivity contribution in [2.24, 2.45) is 0 Å². The van der Waals surface area contributed by atoms with Gasteiger partial charge >= 0.3 is 0 Å². The topological polar surface area (TPSA) is 35.8 Å². The standard InChI is InChI=1S/C10H18N2/c1-10(12-9-8-11)6-4-2-3-5-7-10/h12H,2-7,9H2,1H3. The highest BCUT2D eigenvalue weighted by molar-refractivity contribution is 4.88. The predicted molar refractivity (Wildman–Crippen MR) is 49.7 cm³/mol. The second-order valence-corrected chi connectivity index (χ2v) is 3.99. The van der Waals surface area contributed by atoms with Crippen molar-refractivity contribution in [3.8, 4) is 6.07 Å². The highest BCUT2D eigenvalue weighted by Gasteiger charge is 2.23. The van der Waals surface area contributed by atoms with Crippen LogP contribution in [0.2, 0.25) is 0 Å². The van der Waals surface area contributed by atoms with Crippen LogP contribution in [-0.2, 0) is 0 Å². The van der Waals surface area contributed by atoms with E-state index in [4.69, 9.17) is 5.26 Å². The van der Waals surface area contributed by atoms with Crippen molar-refractivity contribution in [3.05, 3.63) is 0 Å². The molecule has 68 valence electrons. The number of hydrogen-bond acceptors (Lipinski definition) is 2. The zero-order chi connectivity index (χ0) is 8.86. The van der Waals surface area contributed by atoms with Crippen LogP contribution >= 0.6 is 0 Å². The molecule has 2 heteroatoms. The van der Waals surface area contributed by atoms with Crippen LogP contribution in [0, 0.1) is 11.3 Å². The number of rotatable bonds is 2. The molecule has 0 aromatic carbocycles. The summed E-state index contributed by atoms with van der Waals surface area (Å²) in [7, 11) is 0. The van der Waals surface area contributed by atoms with Crippen LogP contribution in [0.4, 0.5) is 0 Å². The molecule has 1 fully saturated rings. The molecule has 0 heterocycles. The number of nitrogens with zero attached hydrogens (tertiary/aromatic N) is 1. The fraction of sp³-hybridized carbons (Fsp3) is 0.900. The Morgan fingerprint density at radius 1 is 1.25 bits per heavy atom. The van der Waals surface area contributed by atoms with Gasteiger partial charge in [0.2, 0.25) is 0 Å². The van der Waals surface area contributed by atoms with Gasteiger partial charge in [-0.15, -0.1) is 0 Å². The zero-order valence-electron chi connectivity index (χ0n) is 7.90. The summed E-state index contributed by atoms with van der Waals surface area (Å²) in [5, 5.41) is 11.8. The minimum absolute atomic E-state index is 0.242. The largest absolute Gasteiger partial charge is 0.299 e. The van der Waals surface area contributed by atoms with Gasteiger partial charge in [0.15, 0.2) is 0 Å². The van der Waals surface area contributed by atoms with Crippen LogP contribution in [-0.4, -0.2) is 12.1 Å². The van der Waals surface area contributed by atoms with Gasteiger partial charge in [0.1, 0.15) is 0 Å². The third-order valence-electron chi connectivity index (χ3n) is 2.80. The fourth-order valence-electron chi connectivity index (χ4n) is 1.94. The minimum Gasteiger partial charge on any atom is -0.299 e. The lowest BCUT2D eigenvalue weighted by molar-refractivity contribution is 0.327. The predicted octanol–water partition coefficient (Wildman–Crippen LogP) is 2.21. The Labute approximate surface area is 75.0 Å². The highest BCUT2D eigenvalue weighted by Crippen LogP contribution is 2.26. The van der Waals surface area contributed by atoms with Crippen molar-refractivity contribution in [1.29, 1.82) is 5.26 Å². The van der Waals surface area contributed by atoms with Gasteiger partial charge in [-0.25, -0.2) is 0 Å². The summed E-state index contributed by atoms with van der Waals surface area (Å²) in [5.74, 6) is 0. The molecule has 12 heavy (non-hydrogen) atoms. The maximum Gasteiger partial charge on any atom is 0.0845 e. The molecule has 0 saturated heterocycles. The number of hydrogen-bond donors (Lipinski definition) is 1. The molecule has 0 spiro atoms. The maximum atomic E-state index is 8.47. The first kappa shape index (κ1) is 9.54. The third-order valence-corrected chi connectivity index (χ3v) is 2.80. The van der Waals surface area contributed by atoms with Crippen LogP contribution in [0.15, 0.2) is 0 Å². The molecule has 2 nitrogen and oxygen atoms in total. The van der Waals surface area contributed by atoms with Crippen LogP contribution in [0.3, 0.4) is 0 Å². The van der Waals surface area contributed by atoms with Crippen LogP contribution < -0.4 is 5.32 Å². The van der Waals surface area contributed by atoms with Crippen LogP contribution in [0.25, 0.3) is 0 Å². The molecule has 1 N–H and O–H groups in total. The molecule has 0 atom stereocenters. The quantitative estimate of drug-likeness (QED) is 0.504. The Hall–Kier alpha value is -0.550. The molecule has 1 aliphatic rings. The highest BCUT2D eigenvalue weighted by atomic mass is 15.0.